The van der Waals surface area contributed by atoms with Gasteiger partial charge in [0, 0.05) is 6.04 Å². The number of hydrogen-bond donors (Lipinski definition) is 1. The average molecular weight is 131 g/mol. The molecule has 0 aliphatic carbocycles. The first-order valence-corrected chi connectivity index (χ1v) is 4.13. The lowest BCUT2D eigenvalue weighted by Gasteiger charge is -2.22. The summed E-state index contributed by atoms with van der Waals surface area (Å²) in [5.41, 5.74) is 0. The van der Waals surface area contributed by atoms with E-state index in [1.807, 2.05) is 27.7 Å². The van der Waals surface area contributed by atoms with Gasteiger partial charge in [-0.2, -0.15) is 0 Å². The molecular formula is C8H21N. The summed E-state index contributed by atoms with van der Waals surface area (Å²) in [4.78, 5) is 0. The van der Waals surface area contributed by atoms with Crippen LogP contribution in [0.3, 0.4) is 0 Å². The Morgan fingerprint density at radius 3 is 1.33 bits per heavy atom. The predicted molar refractivity (Wildman–Crippen MR) is 44.8 cm³/mol. The molecule has 1 rings (SSSR count). The largest absolute Gasteiger partial charge is 0.314 e. The van der Waals surface area contributed by atoms with Crippen molar-refractivity contribution in [1.82, 2.24) is 5.32 Å². The van der Waals surface area contributed by atoms with E-state index in [4.69, 9.17) is 0 Å². The van der Waals surface area contributed by atoms with Gasteiger partial charge >= 0.3 is 0 Å². The standard InChI is InChI=1S/C4H9N.2C2H6/c1-4-2-3-5-4;2*1-2/h4-5H,2-3H2,1H3;2*1-2H3. The number of hydrogen-bond acceptors (Lipinski definition) is 1. The molecule has 1 heteroatoms. The Morgan fingerprint density at radius 2 is 1.33 bits per heavy atom. The normalized spacial score (nSPS) is 21.7. The molecule has 0 amide bonds. The molecule has 0 aromatic heterocycles. The van der Waals surface area contributed by atoms with Crippen LogP contribution in [-0.2, 0) is 0 Å². The molecule has 1 aliphatic heterocycles. The van der Waals surface area contributed by atoms with Gasteiger partial charge in [0.05, 0.1) is 0 Å². The van der Waals surface area contributed by atoms with Crippen LogP contribution in [0.15, 0.2) is 0 Å². The van der Waals surface area contributed by atoms with Crippen molar-refractivity contribution >= 4 is 0 Å². The second-order valence-corrected chi connectivity index (χ2v) is 1.64. The van der Waals surface area contributed by atoms with E-state index in [-0.39, 0.29) is 0 Å². The van der Waals surface area contributed by atoms with Crippen molar-refractivity contribution < 1.29 is 0 Å². The monoisotopic (exact) mass is 131 g/mol. The zero-order valence-electron chi connectivity index (χ0n) is 7.49. The highest BCUT2D eigenvalue weighted by Crippen LogP contribution is 1.96. The van der Waals surface area contributed by atoms with E-state index < -0.39 is 0 Å². The highest BCUT2D eigenvalue weighted by molar-refractivity contribution is 4.70. The minimum Gasteiger partial charge on any atom is -0.314 e. The lowest BCUT2D eigenvalue weighted by molar-refractivity contribution is 0.399. The van der Waals surface area contributed by atoms with E-state index in [2.05, 4.69) is 12.2 Å². The quantitative estimate of drug-likeness (QED) is 0.532. The van der Waals surface area contributed by atoms with Crippen molar-refractivity contribution in [2.45, 2.75) is 47.1 Å². The maximum Gasteiger partial charge on any atom is 0.00508 e. The summed E-state index contributed by atoms with van der Waals surface area (Å²) in [6.45, 7) is 11.4. The summed E-state index contributed by atoms with van der Waals surface area (Å²) in [5.74, 6) is 0. The fourth-order valence-corrected chi connectivity index (χ4v) is 0.433. The highest BCUT2D eigenvalue weighted by Gasteiger charge is 2.07. The van der Waals surface area contributed by atoms with Crippen LogP contribution in [0.1, 0.15) is 41.0 Å². The zero-order chi connectivity index (χ0) is 7.70. The summed E-state index contributed by atoms with van der Waals surface area (Å²) in [5, 5.41) is 3.21. The molecule has 9 heavy (non-hydrogen) atoms. The Labute approximate surface area is 59.8 Å². The van der Waals surface area contributed by atoms with Gasteiger partial charge in [-0.05, 0) is 19.9 Å². The predicted octanol–water partition coefficient (Wildman–Crippen LogP) is 2.42. The molecule has 1 N–H and O–H groups in total. The van der Waals surface area contributed by atoms with E-state index >= 15 is 0 Å². The second kappa shape index (κ2) is 10.9. The zero-order valence-corrected chi connectivity index (χ0v) is 7.49. The van der Waals surface area contributed by atoms with Gasteiger partial charge in [0.25, 0.3) is 0 Å². The van der Waals surface area contributed by atoms with Gasteiger partial charge in [-0.3, -0.25) is 0 Å². The van der Waals surface area contributed by atoms with E-state index in [1.165, 1.54) is 13.0 Å². The molecule has 0 aromatic carbocycles. The van der Waals surface area contributed by atoms with Crippen LogP contribution in [0.5, 0.6) is 0 Å². The lowest BCUT2D eigenvalue weighted by Crippen LogP contribution is -2.39. The molecule has 1 saturated heterocycles. The lowest BCUT2D eigenvalue weighted by atomic mass is 10.1. The Hall–Kier alpha value is -0.0400. The maximum atomic E-state index is 3.21. The van der Waals surface area contributed by atoms with Gasteiger partial charge in [0.15, 0.2) is 0 Å². The molecule has 0 spiro atoms. The molecule has 1 atom stereocenters. The third kappa shape index (κ3) is 7.96. The molecule has 1 heterocycles. The Balaban J connectivity index is 0. The third-order valence-electron chi connectivity index (χ3n) is 1.07. The minimum atomic E-state index is 0.815. The molecule has 58 valence electrons. The van der Waals surface area contributed by atoms with Crippen molar-refractivity contribution in [2.24, 2.45) is 0 Å². The summed E-state index contributed by atoms with van der Waals surface area (Å²) in [6.07, 6.45) is 1.38. The van der Waals surface area contributed by atoms with E-state index in [0.29, 0.717) is 0 Å². The molecule has 1 unspecified atom stereocenters. The fourth-order valence-electron chi connectivity index (χ4n) is 0.433. The van der Waals surface area contributed by atoms with Crippen LogP contribution in [0.2, 0.25) is 0 Å². The average Bonchev–Trinajstić information content (AvgIpc) is 1.93. The smallest absolute Gasteiger partial charge is 0.00508 e. The second-order valence-electron chi connectivity index (χ2n) is 1.64. The molecule has 1 nitrogen and oxygen atoms in total. The van der Waals surface area contributed by atoms with Crippen molar-refractivity contribution in [3.63, 3.8) is 0 Å². The summed E-state index contributed by atoms with van der Waals surface area (Å²) in [6, 6.07) is 0.815. The Kier molecular flexibility index (Phi) is 14.1. The highest BCUT2D eigenvalue weighted by atomic mass is 15.0. The minimum absolute atomic E-state index is 0.815. The van der Waals surface area contributed by atoms with Crippen molar-refractivity contribution in [3.05, 3.63) is 0 Å². The van der Waals surface area contributed by atoms with Crippen molar-refractivity contribution in [2.75, 3.05) is 6.54 Å². The van der Waals surface area contributed by atoms with Gasteiger partial charge in [-0.15, -0.1) is 0 Å². The van der Waals surface area contributed by atoms with Crippen LogP contribution < -0.4 is 5.32 Å². The molecule has 0 radical (unpaired) electrons. The number of nitrogens with one attached hydrogen (secondary N) is 1. The number of rotatable bonds is 0. The molecule has 0 aromatic rings. The van der Waals surface area contributed by atoms with Crippen LogP contribution in [0, 0.1) is 0 Å². The van der Waals surface area contributed by atoms with Crippen LogP contribution >= 0.6 is 0 Å². The molecular weight excluding hydrogens is 110 g/mol. The Bertz CT molecular complexity index is 31.5. The third-order valence-corrected chi connectivity index (χ3v) is 1.07. The van der Waals surface area contributed by atoms with E-state index in [1.54, 1.807) is 0 Å². The summed E-state index contributed by atoms with van der Waals surface area (Å²) in [7, 11) is 0. The van der Waals surface area contributed by atoms with E-state index in [0.717, 1.165) is 6.04 Å². The Morgan fingerprint density at radius 1 is 1.11 bits per heavy atom. The maximum absolute atomic E-state index is 3.21. The van der Waals surface area contributed by atoms with Crippen molar-refractivity contribution in [1.29, 1.82) is 0 Å². The van der Waals surface area contributed by atoms with Crippen LogP contribution in [0.25, 0.3) is 0 Å². The van der Waals surface area contributed by atoms with Gasteiger partial charge in [-0.25, -0.2) is 0 Å². The molecule has 1 aliphatic rings. The summed E-state index contributed by atoms with van der Waals surface area (Å²) < 4.78 is 0. The molecule has 0 saturated carbocycles. The first-order valence-electron chi connectivity index (χ1n) is 4.13. The first-order chi connectivity index (χ1) is 4.39. The van der Waals surface area contributed by atoms with Gasteiger partial charge in [0.1, 0.15) is 0 Å². The fraction of sp³-hybridized carbons (Fsp3) is 1.00. The van der Waals surface area contributed by atoms with Crippen molar-refractivity contribution in [3.8, 4) is 0 Å². The molecule has 1 fully saturated rings. The first kappa shape index (κ1) is 11.7. The SMILES string of the molecule is CC.CC.CC1CCN1. The van der Waals surface area contributed by atoms with Gasteiger partial charge in [0.2, 0.25) is 0 Å². The molecule has 0 bridgehead atoms. The van der Waals surface area contributed by atoms with Crippen LogP contribution in [0.4, 0.5) is 0 Å². The summed E-state index contributed by atoms with van der Waals surface area (Å²) >= 11 is 0. The van der Waals surface area contributed by atoms with Crippen LogP contribution in [-0.4, -0.2) is 12.6 Å². The topological polar surface area (TPSA) is 12.0 Å². The van der Waals surface area contributed by atoms with Gasteiger partial charge in [-0.1, -0.05) is 27.7 Å². The van der Waals surface area contributed by atoms with E-state index in [9.17, 15) is 0 Å². The van der Waals surface area contributed by atoms with Gasteiger partial charge < -0.3 is 5.32 Å².